The molecule has 3 aliphatic heterocycles. The van der Waals surface area contributed by atoms with Crippen molar-refractivity contribution in [3.05, 3.63) is 66.1 Å². The fourth-order valence-corrected chi connectivity index (χ4v) is 6.91. The number of anilines is 1. The van der Waals surface area contributed by atoms with Crippen molar-refractivity contribution >= 4 is 24.1 Å². The van der Waals surface area contributed by atoms with Crippen LogP contribution < -0.4 is 16.6 Å². The molecule has 3 aliphatic rings. The molecule has 3 aromatic heterocycles. The topological polar surface area (TPSA) is 135 Å². The van der Waals surface area contributed by atoms with Crippen LogP contribution in [0.3, 0.4) is 0 Å². The van der Waals surface area contributed by atoms with E-state index in [1.165, 1.54) is 0 Å². The number of ether oxygens (including phenoxy) is 1. The Balaban J connectivity index is 1.39. The molecular weight excluding hydrogens is 506 g/mol. The second kappa shape index (κ2) is 9.47. The number of benzene rings is 1. The number of rotatable bonds is 7. The zero-order valence-electron chi connectivity index (χ0n) is 22.2. The number of nitrogens with one attached hydrogen (secondary N) is 2. The van der Waals surface area contributed by atoms with Crippen LogP contribution in [-0.2, 0) is 21.7 Å². The number of hydrogen-bond donors (Lipinski definition) is 3. The van der Waals surface area contributed by atoms with Crippen molar-refractivity contribution in [2.75, 3.05) is 12.8 Å². The summed E-state index contributed by atoms with van der Waals surface area (Å²) in [5.74, 6) is -0.735. The molecule has 204 valence electrons. The second-order valence-corrected chi connectivity index (χ2v) is 10.7. The zero-order valence-corrected chi connectivity index (χ0v) is 22.2. The molecule has 7 rings (SSSR count). The van der Waals surface area contributed by atoms with Gasteiger partial charge in [-0.1, -0.05) is 36.4 Å². The molecule has 4 N–H and O–H groups in total. The van der Waals surface area contributed by atoms with Crippen molar-refractivity contribution in [1.82, 2.24) is 35.3 Å². The summed E-state index contributed by atoms with van der Waals surface area (Å²) < 4.78 is 7.31. The van der Waals surface area contributed by atoms with E-state index in [-0.39, 0.29) is 12.6 Å². The fourth-order valence-electron chi connectivity index (χ4n) is 6.91. The minimum Gasteiger partial charge on any atom is -0.383 e. The Morgan fingerprint density at radius 2 is 2.00 bits per heavy atom. The summed E-state index contributed by atoms with van der Waals surface area (Å²) in [5.41, 5.74) is 18.2. The van der Waals surface area contributed by atoms with Crippen LogP contribution in [0.15, 0.2) is 59.9 Å². The van der Waals surface area contributed by atoms with Crippen molar-refractivity contribution in [3.63, 3.8) is 0 Å². The Hall–Kier alpha value is -4.19. The maximum absolute atomic E-state index is 12.6. The summed E-state index contributed by atoms with van der Waals surface area (Å²) in [4.78, 5) is 29.4. The third-order valence-corrected chi connectivity index (χ3v) is 8.62. The monoisotopic (exact) mass is 537 g/mol. The lowest BCUT2D eigenvalue weighted by atomic mass is 9.81. The maximum Gasteiger partial charge on any atom is 0.243 e. The number of aliphatic imine (C=N–C) groups is 1. The van der Waals surface area contributed by atoms with Gasteiger partial charge in [-0.2, -0.15) is 15.0 Å². The standard InChI is InChI=1S/C29H31N9O2/c1-40-16-23-25(28-12-5-8-21(11-13-28)38(28)29(17-39)32-18-33-36-29)35-27-22(15-34-37(27)26(23)30)20-9-10-24(31-14-20)19-6-3-2-4-7-19/h2-4,6-7,9-10,14-15,17-18,21,36H,5,8,11-13,16,30H2,1H3,(H,32,33)/t21-,28+,29+/m0/s1. The van der Waals surface area contributed by atoms with E-state index in [9.17, 15) is 4.79 Å². The summed E-state index contributed by atoms with van der Waals surface area (Å²) in [6, 6.07) is 14.3. The van der Waals surface area contributed by atoms with E-state index in [1.807, 2.05) is 48.7 Å². The summed E-state index contributed by atoms with van der Waals surface area (Å²) in [6.07, 6.45) is 10.7. The first-order valence-electron chi connectivity index (χ1n) is 13.6. The molecule has 6 heterocycles. The molecule has 2 fully saturated rings. The number of hydrazine groups is 1. The molecule has 2 bridgehead atoms. The van der Waals surface area contributed by atoms with E-state index in [0.29, 0.717) is 11.5 Å². The Morgan fingerprint density at radius 3 is 2.73 bits per heavy atom. The SMILES string of the molecule is COCc1c([C@@]23CCC[C@@H](CC2)N3[C@]2(C=O)N=CNN2)nc2c(-c3ccc(-c4ccccc4)nc3)cnn2c1N. The predicted molar refractivity (Wildman–Crippen MR) is 151 cm³/mol. The number of pyridine rings is 1. The van der Waals surface area contributed by atoms with Gasteiger partial charge in [0.15, 0.2) is 11.9 Å². The fraction of sp³-hybridized carbons (Fsp3) is 0.345. The van der Waals surface area contributed by atoms with Gasteiger partial charge in [0, 0.05) is 41.6 Å². The van der Waals surface area contributed by atoms with Gasteiger partial charge in [-0.05, 0) is 38.2 Å². The van der Waals surface area contributed by atoms with Crippen LogP contribution in [0, 0.1) is 0 Å². The Kier molecular flexibility index (Phi) is 5.88. The number of methoxy groups -OCH3 is 1. The van der Waals surface area contributed by atoms with Crippen molar-refractivity contribution in [2.24, 2.45) is 4.99 Å². The summed E-state index contributed by atoms with van der Waals surface area (Å²) in [5, 5.41) is 4.62. The van der Waals surface area contributed by atoms with Gasteiger partial charge >= 0.3 is 0 Å². The minimum atomic E-state index is -1.21. The van der Waals surface area contributed by atoms with Crippen LogP contribution in [0.5, 0.6) is 0 Å². The molecule has 0 unspecified atom stereocenters. The third kappa shape index (κ3) is 3.58. The number of piperidine rings is 1. The Morgan fingerprint density at radius 1 is 1.12 bits per heavy atom. The average Bonchev–Trinajstić information content (AvgIpc) is 3.71. The van der Waals surface area contributed by atoms with Crippen LogP contribution in [0.2, 0.25) is 0 Å². The number of aldehydes is 1. The van der Waals surface area contributed by atoms with Crippen LogP contribution >= 0.6 is 0 Å². The molecule has 2 saturated heterocycles. The number of carbonyl (C=O) groups is 1. The lowest BCUT2D eigenvalue weighted by molar-refractivity contribution is -0.131. The first-order valence-corrected chi connectivity index (χ1v) is 13.6. The molecule has 0 saturated carbocycles. The van der Waals surface area contributed by atoms with Gasteiger partial charge in [-0.15, -0.1) is 0 Å². The third-order valence-electron chi connectivity index (χ3n) is 8.62. The maximum atomic E-state index is 12.6. The highest BCUT2D eigenvalue weighted by molar-refractivity contribution is 5.79. The number of nitrogen functional groups attached to an aromatic ring is 1. The average molecular weight is 538 g/mol. The van der Waals surface area contributed by atoms with E-state index in [2.05, 4.69) is 25.8 Å². The van der Waals surface area contributed by atoms with Crippen LogP contribution in [0.4, 0.5) is 5.82 Å². The van der Waals surface area contributed by atoms with Crippen LogP contribution in [-0.4, -0.2) is 56.0 Å². The zero-order chi connectivity index (χ0) is 27.3. The number of nitrogens with zero attached hydrogens (tertiary/aromatic N) is 6. The van der Waals surface area contributed by atoms with E-state index >= 15 is 0 Å². The summed E-state index contributed by atoms with van der Waals surface area (Å²) in [7, 11) is 1.65. The highest BCUT2D eigenvalue weighted by Gasteiger charge is 2.60. The molecule has 11 heteroatoms. The second-order valence-electron chi connectivity index (χ2n) is 10.7. The minimum absolute atomic E-state index is 0.178. The first-order chi connectivity index (χ1) is 19.6. The van der Waals surface area contributed by atoms with E-state index < -0.39 is 11.3 Å². The lowest BCUT2D eigenvalue weighted by Crippen LogP contribution is -2.67. The van der Waals surface area contributed by atoms with Gasteiger partial charge in [0.05, 0.1) is 29.7 Å². The number of aromatic nitrogens is 4. The normalized spacial score (nSPS) is 25.9. The number of carbonyl (C=O) groups excluding carboxylic acids is 1. The smallest absolute Gasteiger partial charge is 0.243 e. The Labute approximate surface area is 231 Å². The molecule has 0 amide bonds. The molecular formula is C29H31N9O2. The van der Waals surface area contributed by atoms with E-state index in [1.54, 1.807) is 24.2 Å². The molecule has 11 nitrogen and oxygen atoms in total. The predicted octanol–water partition coefficient (Wildman–Crippen LogP) is 3.02. The summed E-state index contributed by atoms with van der Waals surface area (Å²) >= 11 is 0. The molecule has 0 radical (unpaired) electrons. The molecule has 0 spiro atoms. The number of hydrogen-bond acceptors (Lipinski definition) is 10. The van der Waals surface area contributed by atoms with Gasteiger partial charge in [-0.3, -0.25) is 9.78 Å². The molecule has 0 aliphatic carbocycles. The van der Waals surface area contributed by atoms with Crippen molar-refractivity contribution in [2.45, 2.75) is 56.1 Å². The Bertz CT molecular complexity index is 1600. The van der Waals surface area contributed by atoms with Crippen molar-refractivity contribution < 1.29 is 9.53 Å². The molecule has 4 aromatic rings. The van der Waals surface area contributed by atoms with Gasteiger partial charge in [-0.25, -0.2) is 14.9 Å². The van der Waals surface area contributed by atoms with Crippen LogP contribution in [0.1, 0.15) is 43.4 Å². The molecule has 1 aromatic carbocycles. The summed E-state index contributed by atoms with van der Waals surface area (Å²) in [6.45, 7) is 0.274. The van der Waals surface area contributed by atoms with E-state index in [4.69, 9.17) is 20.4 Å². The van der Waals surface area contributed by atoms with Gasteiger partial charge in [0.1, 0.15) is 12.2 Å². The quantitative estimate of drug-likeness (QED) is 0.304. The van der Waals surface area contributed by atoms with Crippen LogP contribution in [0.25, 0.3) is 28.0 Å². The number of nitrogens with two attached hydrogens (primary N) is 1. The lowest BCUT2D eigenvalue weighted by Gasteiger charge is -2.50. The highest BCUT2D eigenvalue weighted by Crippen LogP contribution is 2.54. The highest BCUT2D eigenvalue weighted by atomic mass is 16.5. The number of fused-ring (bicyclic) bond motifs is 3. The molecule has 3 atom stereocenters. The van der Waals surface area contributed by atoms with E-state index in [0.717, 1.165) is 72.0 Å². The van der Waals surface area contributed by atoms with Crippen molar-refractivity contribution in [3.8, 4) is 22.4 Å². The van der Waals surface area contributed by atoms with Gasteiger partial charge in [0.2, 0.25) is 5.79 Å². The largest absolute Gasteiger partial charge is 0.383 e. The van der Waals surface area contributed by atoms with Gasteiger partial charge < -0.3 is 15.9 Å². The van der Waals surface area contributed by atoms with Crippen molar-refractivity contribution in [1.29, 1.82) is 0 Å². The van der Waals surface area contributed by atoms with Gasteiger partial charge in [0.25, 0.3) is 0 Å². The molecule has 40 heavy (non-hydrogen) atoms. The first kappa shape index (κ1) is 24.8.